The summed E-state index contributed by atoms with van der Waals surface area (Å²) in [5, 5.41) is 11.3. The number of nitrogens with zero attached hydrogens (tertiary/aromatic N) is 2. The molecule has 3 aliphatic heterocycles. The van der Waals surface area contributed by atoms with Crippen LogP contribution in [0.4, 0.5) is 0 Å². The van der Waals surface area contributed by atoms with E-state index in [1.165, 1.54) is 44.9 Å². The second-order valence-corrected chi connectivity index (χ2v) is 6.06. The minimum absolute atomic E-state index is 0.320. The van der Waals surface area contributed by atoms with Gasteiger partial charge in [0.25, 0.3) is 0 Å². The van der Waals surface area contributed by atoms with E-state index in [0.29, 0.717) is 17.9 Å². The Labute approximate surface area is 107 Å². The van der Waals surface area contributed by atoms with Gasteiger partial charge < -0.3 is 14.8 Å². The number of rotatable bonds is 2. The van der Waals surface area contributed by atoms with Crippen LogP contribution in [0.2, 0.25) is 0 Å². The van der Waals surface area contributed by atoms with E-state index >= 15 is 0 Å². The predicted molar refractivity (Wildman–Crippen MR) is 66.0 cm³/mol. The van der Waals surface area contributed by atoms with Crippen LogP contribution >= 0.6 is 0 Å². The Morgan fingerprint density at radius 3 is 2.67 bits per heavy atom. The fourth-order valence-electron chi connectivity index (χ4n) is 4.22. The van der Waals surface area contributed by atoms with Crippen LogP contribution in [-0.2, 0) is 0 Å². The average Bonchev–Trinajstić information content (AvgIpc) is 2.33. The molecule has 2 atom stereocenters. The van der Waals surface area contributed by atoms with Gasteiger partial charge in [0.1, 0.15) is 6.10 Å². The number of hydrogen-bond acceptors (Lipinski definition) is 3. The molecule has 4 bridgehead atoms. The number of aromatic nitrogens is 1. The van der Waals surface area contributed by atoms with E-state index in [1.54, 1.807) is 6.07 Å². The lowest BCUT2D eigenvalue weighted by molar-refractivity contribution is -0.605. The van der Waals surface area contributed by atoms with E-state index in [9.17, 15) is 5.21 Å². The first kappa shape index (κ1) is 10.6. The largest absolute Gasteiger partial charge is 0.619 e. The Balaban J connectivity index is 1.55. The van der Waals surface area contributed by atoms with Gasteiger partial charge in [-0.1, -0.05) is 0 Å². The van der Waals surface area contributed by atoms with Crippen LogP contribution in [0.5, 0.6) is 5.75 Å². The molecule has 1 saturated carbocycles. The minimum atomic E-state index is 0.320. The Hall–Kier alpha value is -1.29. The zero-order chi connectivity index (χ0) is 12.1. The van der Waals surface area contributed by atoms with E-state index in [2.05, 4.69) is 4.90 Å². The van der Waals surface area contributed by atoms with Crippen LogP contribution in [0.25, 0.3) is 0 Å². The number of ether oxygens (including phenoxy) is 1. The van der Waals surface area contributed by atoms with Crippen LogP contribution in [0.3, 0.4) is 0 Å². The first-order valence-corrected chi connectivity index (χ1v) is 6.86. The van der Waals surface area contributed by atoms with Crippen molar-refractivity contribution >= 4 is 0 Å². The van der Waals surface area contributed by atoms with Crippen LogP contribution in [0, 0.1) is 23.0 Å². The molecule has 1 aliphatic carbocycles. The van der Waals surface area contributed by atoms with Crippen LogP contribution in [-0.4, -0.2) is 30.6 Å². The zero-order valence-electron chi connectivity index (χ0n) is 10.4. The highest BCUT2D eigenvalue weighted by Crippen LogP contribution is 2.44. The molecular weight excluding hydrogens is 228 g/mol. The van der Waals surface area contributed by atoms with Crippen LogP contribution < -0.4 is 9.47 Å². The average molecular weight is 246 g/mol. The summed E-state index contributed by atoms with van der Waals surface area (Å²) in [7, 11) is 0. The molecule has 1 aromatic heterocycles. The molecule has 0 spiro atoms. The fraction of sp³-hybridized carbons (Fsp3) is 0.643. The highest BCUT2D eigenvalue weighted by atomic mass is 16.5. The van der Waals surface area contributed by atoms with Crippen molar-refractivity contribution in [2.24, 2.45) is 17.8 Å². The summed E-state index contributed by atoms with van der Waals surface area (Å²) >= 11 is 0. The van der Waals surface area contributed by atoms with Crippen LogP contribution in [0.1, 0.15) is 12.8 Å². The van der Waals surface area contributed by atoms with Crippen molar-refractivity contribution in [3.05, 3.63) is 29.7 Å². The van der Waals surface area contributed by atoms with E-state index in [-0.39, 0.29) is 0 Å². The third-order valence-electron chi connectivity index (χ3n) is 4.72. The second kappa shape index (κ2) is 3.85. The minimum Gasteiger partial charge on any atom is -0.619 e. The van der Waals surface area contributed by atoms with Crippen LogP contribution in [0.15, 0.2) is 24.5 Å². The summed E-state index contributed by atoms with van der Waals surface area (Å²) < 4.78 is 6.94. The maximum atomic E-state index is 11.3. The summed E-state index contributed by atoms with van der Waals surface area (Å²) in [6, 6.07) is 3.64. The van der Waals surface area contributed by atoms with Gasteiger partial charge in [0, 0.05) is 37.5 Å². The highest BCUT2D eigenvalue weighted by Gasteiger charge is 2.48. The van der Waals surface area contributed by atoms with Gasteiger partial charge in [0.2, 0.25) is 6.20 Å². The van der Waals surface area contributed by atoms with Gasteiger partial charge in [-0.3, -0.25) is 0 Å². The number of pyridine rings is 1. The summed E-state index contributed by atoms with van der Waals surface area (Å²) in [4.78, 5) is 2.59. The van der Waals surface area contributed by atoms with E-state index in [0.717, 1.165) is 16.4 Å². The monoisotopic (exact) mass is 246 g/mol. The predicted octanol–water partition coefficient (Wildman–Crippen LogP) is 1.04. The van der Waals surface area contributed by atoms with E-state index in [4.69, 9.17) is 4.74 Å². The molecule has 4 heteroatoms. The van der Waals surface area contributed by atoms with Crippen molar-refractivity contribution in [1.29, 1.82) is 0 Å². The van der Waals surface area contributed by atoms with E-state index < -0.39 is 0 Å². The summed E-state index contributed by atoms with van der Waals surface area (Å²) in [5.41, 5.74) is 0. The smallest absolute Gasteiger partial charge is 0.222 e. The van der Waals surface area contributed by atoms with Gasteiger partial charge in [-0.2, -0.15) is 4.73 Å². The molecule has 1 aromatic rings. The third-order valence-corrected chi connectivity index (χ3v) is 4.72. The van der Waals surface area contributed by atoms with Gasteiger partial charge in [0.05, 0.1) is 0 Å². The lowest BCUT2D eigenvalue weighted by Crippen LogP contribution is -2.61. The molecular formula is C14H18N2O2. The maximum Gasteiger partial charge on any atom is 0.222 e. The van der Waals surface area contributed by atoms with Crippen molar-refractivity contribution in [3.63, 3.8) is 0 Å². The maximum absolute atomic E-state index is 11.3. The molecule has 3 saturated heterocycles. The lowest BCUT2D eigenvalue weighted by Gasteiger charge is -2.55. The summed E-state index contributed by atoms with van der Waals surface area (Å²) in [5.74, 6) is 2.94. The molecule has 0 N–H and O–H groups in total. The molecule has 2 unspecified atom stereocenters. The first-order chi connectivity index (χ1) is 8.78. The number of piperidine rings is 3. The lowest BCUT2D eigenvalue weighted by atomic mass is 9.66. The van der Waals surface area contributed by atoms with Gasteiger partial charge in [-0.05, 0) is 24.8 Å². The van der Waals surface area contributed by atoms with Gasteiger partial charge in [-0.25, -0.2) is 0 Å². The standard InChI is InChI=1S/C14H18N2O2/c17-16-3-1-2-13(9-16)18-14-11-4-10-5-12(14)8-15(6-10)7-11/h1-3,9-12,14H,4-8H2. The summed E-state index contributed by atoms with van der Waals surface area (Å²) in [6.45, 7) is 3.66. The van der Waals surface area contributed by atoms with Crippen molar-refractivity contribution in [3.8, 4) is 5.75 Å². The summed E-state index contributed by atoms with van der Waals surface area (Å²) in [6.07, 6.45) is 5.96. The molecule has 4 nitrogen and oxygen atoms in total. The molecule has 4 aliphatic rings. The Kier molecular flexibility index (Phi) is 2.27. The quantitative estimate of drug-likeness (QED) is 0.578. The van der Waals surface area contributed by atoms with Crippen molar-refractivity contribution in [2.45, 2.75) is 18.9 Å². The van der Waals surface area contributed by atoms with Crippen molar-refractivity contribution < 1.29 is 9.47 Å². The molecule has 4 fully saturated rings. The second-order valence-electron chi connectivity index (χ2n) is 6.06. The number of hydrogen-bond donors (Lipinski definition) is 0. The molecule has 0 amide bonds. The topological polar surface area (TPSA) is 39.4 Å². The fourth-order valence-corrected chi connectivity index (χ4v) is 4.22. The first-order valence-electron chi connectivity index (χ1n) is 6.86. The van der Waals surface area contributed by atoms with Crippen molar-refractivity contribution in [1.82, 2.24) is 4.90 Å². The Morgan fingerprint density at radius 1 is 1.22 bits per heavy atom. The molecule has 0 radical (unpaired) electrons. The SMILES string of the molecule is [O-][n+]1cccc(OC2C3CC4CC2CN(C4)C3)c1. The van der Waals surface area contributed by atoms with Gasteiger partial charge in [0.15, 0.2) is 11.9 Å². The van der Waals surface area contributed by atoms with Gasteiger partial charge >= 0.3 is 0 Å². The molecule has 4 heterocycles. The molecule has 96 valence electrons. The van der Waals surface area contributed by atoms with Gasteiger partial charge in [-0.15, -0.1) is 0 Å². The molecule has 0 aromatic carbocycles. The molecule has 5 rings (SSSR count). The molecule has 18 heavy (non-hydrogen) atoms. The normalized spacial score (nSPS) is 41.0. The Bertz CT molecular complexity index is 435. The highest BCUT2D eigenvalue weighted by molar-refractivity contribution is 5.15. The zero-order valence-corrected chi connectivity index (χ0v) is 10.4. The Morgan fingerprint density at radius 2 is 2.00 bits per heavy atom. The third kappa shape index (κ3) is 1.67. The van der Waals surface area contributed by atoms with E-state index in [1.807, 2.05) is 6.07 Å². The van der Waals surface area contributed by atoms with Crippen molar-refractivity contribution in [2.75, 3.05) is 19.6 Å².